The van der Waals surface area contributed by atoms with Gasteiger partial charge in [-0.15, -0.1) is 0 Å². The number of hydrogen-bond donors (Lipinski definition) is 1. The van der Waals surface area contributed by atoms with Crippen LogP contribution >= 0.6 is 0 Å². The zero-order chi connectivity index (χ0) is 19.5. The zero-order valence-electron chi connectivity index (χ0n) is 16.1. The summed E-state index contributed by atoms with van der Waals surface area (Å²) in [5.41, 5.74) is 3.12. The van der Waals surface area contributed by atoms with Crippen LogP contribution in [0.25, 0.3) is 22.6 Å². The fourth-order valence-corrected chi connectivity index (χ4v) is 3.28. The highest BCUT2D eigenvalue weighted by Crippen LogP contribution is 2.27. The monoisotopic (exact) mass is 381 g/mol. The Kier molecular flexibility index (Phi) is 5.16. The number of fused-ring (bicyclic) bond motifs is 1. The van der Waals surface area contributed by atoms with E-state index in [0.29, 0.717) is 38.7 Å². The summed E-state index contributed by atoms with van der Waals surface area (Å²) in [4.78, 5) is 32.1. The van der Waals surface area contributed by atoms with Crippen molar-refractivity contribution in [2.75, 3.05) is 38.2 Å². The van der Waals surface area contributed by atoms with Gasteiger partial charge in [-0.2, -0.15) is 0 Å². The number of nitrogens with one attached hydrogen (secondary N) is 1. The Bertz CT molecular complexity index is 978. The molecule has 0 spiro atoms. The molecule has 0 unspecified atom stereocenters. The number of imidazole rings is 1. The zero-order valence-corrected chi connectivity index (χ0v) is 16.1. The Hall–Kier alpha value is -3.07. The van der Waals surface area contributed by atoms with Gasteiger partial charge in [0.1, 0.15) is 17.2 Å². The van der Waals surface area contributed by atoms with Crippen LogP contribution < -0.4 is 5.32 Å². The highest BCUT2D eigenvalue weighted by Gasteiger charge is 2.19. The smallest absolute Gasteiger partial charge is 0.242 e. The van der Waals surface area contributed by atoms with Gasteiger partial charge in [0, 0.05) is 38.2 Å². The number of nitrogens with zero attached hydrogens (tertiary/aromatic N) is 6. The highest BCUT2D eigenvalue weighted by molar-refractivity contribution is 5.90. The number of aryl methyl sites for hydroxylation is 2. The topological polar surface area (TPSA) is 98.1 Å². The van der Waals surface area contributed by atoms with Crippen LogP contribution in [0.4, 0.5) is 5.69 Å². The van der Waals surface area contributed by atoms with Gasteiger partial charge in [-0.25, -0.2) is 19.9 Å². The number of amides is 1. The molecule has 1 saturated heterocycles. The summed E-state index contributed by atoms with van der Waals surface area (Å²) < 4.78 is 7.33. The molecule has 1 amide bonds. The lowest BCUT2D eigenvalue weighted by molar-refractivity contribution is -0.133. The maximum Gasteiger partial charge on any atom is 0.242 e. The van der Waals surface area contributed by atoms with Gasteiger partial charge in [-0.1, -0.05) is 0 Å². The molecule has 0 bridgehead atoms. The van der Waals surface area contributed by atoms with Gasteiger partial charge in [0.15, 0.2) is 5.65 Å². The predicted octanol–water partition coefficient (Wildman–Crippen LogP) is 1.49. The van der Waals surface area contributed by atoms with Gasteiger partial charge in [0.05, 0.1) is 31.0 Å². The number of carbonyl (C=O) groups is 1. The van der Waals surface area contributed by atoms with Gasteiger partial charge in [-0.3, -0.25) is 4.79 Å². The first-order valence-electron chi connectivity index (χ1n) is 9.41. The van der Waals surface area contributed by atoms with E-state index in [9.17, 15) is 4.79 Å². The van der Waals surface area contributed by atoms with Crippen LogP contribution in [-0.2, 0) is 16.1 Å². The third-order valence-corrected chi connectivity index (χ3v) is 4.78. The van der Waals surface area contributed by atoms with E-state index in [4.69, 9.17) is 9.72 Å². The highest BCUT2D eigenvalue weighted by atomic mass is 16.5. The van der Waals surface area contributed by atoms with Crippen molar-refractivity contribution in [3.8, 4) is 11.4 Å². The Morgan fingerprint density at radius 1 is 1.21 bits per heavy atom. The van der Waals surface area contributed by atoms with Crippen molar-refractivity contribution < 1.29 is 9.53 Å². The van der Waals surface area contributed by atoms with Gasteiger partial charge in [0.25, 0.3) is 0 Å². The quantitative estimate of drug-likeness (QED) is 0.715. The van der Waals surface area contributed by atoms with Crippen molar-refractivity contribution in [1.29, 1.82) is 0 Å². The summed E-state index contributed by atoms with van der Waals surface area (Å²) in [6, 6.07) is 1.84. The number of ether oxygens (including phenoxy) is 1. The van der Waals surface area contributed by atoms with E-state index in [1.807, 2.05) is 29.4 Å². The molecule has 146 valence electrons. The number of hydrogen-bond acceptors (Lipinski definition) is 7. The SMILES string of the molecule is CCn1c(-c2cnc(C)nc2)nc2c(NCC(=O)N3CCOCC3)ccnc21. The van der Waals surface area contributed by atoms with Crippen LogP contribution in [0, 0.1) is 6.92 Å². The molecule has 0 aliphatic carbocycles. The lowest BCUT2D eigenvalue weighted by Gasteiger charge is -2.27. The normalized spacial score (nSPS) is 14.4. The number of aromatic nitrogens is 5. The second-order valence-electron chi connectivity index (χ2n) is 6.58. The minimum Gasteiger partial charge on any atom is -0.378 e. The summed E-state index contributed by atoms with van der Waals surface area (Å²) in [7, 11) is 0. The Labute approximate surface area is 162 Å². The molecule has 0 atom stereocenters. The minimum atomic E-state index is 0.0512. The molecule has 1 aliphatic rings. The van der Waals surface area contributed by atoms with Crippen LogP contribution in [0.5, 0.6) is 0 Å². The molecule has 1 N–H and O–H groups in total. The standard InChI is InChI=1S/C19H23N7O2/c1-3-26-18(14-10-21-13(2)22-11-14)24-17-15(4-5-20-19(17)26)23-12-16(27)25-6-8-28-9-7-25/h4-5,10-11H,3,6-9,12H2,1-2H3,(H,20,23). The summed E-state index contributed by atoms with van der Waals surface area (Å²) in [5.74, 6) is 1.53. The van der Waals surface area contributed by atoms with E-state index >= 15 is 0 Å². The maximum absolute atomic E-state index is 12.4. The molecule has 3 aromatic rings. The number of pyridine rings is 1. The van der Waals surface area contributed by atoms with Gasteiger partial charge >= 0.3 is 0 Å². The molecule has 1 aliphatic heterocycles. The third kappa shape index (κ3) is 3.53. The van der Waals surface area contributed by atoms with E-state index in [1.54, 1.807) is 18.6 Å². The molecule has 0 saturated carbocycles. The van der Waals surface area contributed by atoms with E-state index in [1.165, 1.54) is 0 Å². The molecular weight excluding hydrogens is 358 g/mol. The first kappa shape index (κ1) is 18.3. The second kappa shape index (κ2) is 7.89. The molecule has 4 rings (SSSR count). The third-order valence-electron chi connectivity index (χ3n) is 4.78. The average molecular weight is 381 g/mol. The van der Waals surface area contributed by atoms with Crippen LogP contribution in [0.1, 0.15) is 12.7 Å². The first-order chi connectivity index (χ1) is 13.7. The van der Waals surface area contributed by atoms with Gasteiger partial charge < -0.3 is 19.5 Å². The van der Waals surface area contributed by atoms with Crippen LogP contribution in [0.2, 0.25) is 0 Å². The van der Waals surface area contributed by atoms with Crippen molar-refractivity contribution >= 4 is 22.8 Å². The molecule has 9 heteroatoms. The predicted molar refractivity (Wildman–Crippen MR) is 105 cm³/mol. The average Bonchev–Trinajstić information content (AvgIpc) is 3.12. The van der Waals surface area contributed by atoms with E-state index in [-0.39, 0.29) is 12.5 Å². The molecular formula is C19H23N7O2. The van der Waals surface area contributed by atoms with Crippen molar-refractivity contribution in [2.45, 2.75) is 20.4 Å². The van der Waals surface area contributed by atoms with E-state index in [2.05, 4.69) is 20.3 Å². The Morgan fingerprint density at radius 2 is 1.96 bits per heavy atom. The van der Waals surface area contributed by atoms with Gasteiger partial charge in [-0.05, 0) is 19.9 Å². The lowest BCUT2D eigenvalue weighted by Crippen LogP contribution is -2.43. The summed E-state index contributed by atoms with van der Waals surface area (Å²) in [6.45, 7) is 7.26. The maximum atomic E-state index is 12.4. The Morgan fingerprint density at radius 3 is 2.68 bits per heavy atom. The van der Waals surface area contributed by atoms with Crippen LogP contribution in [0.3, 0.4) is 0 Å². The number of carbonyl (C=O) groups excluding carboxylic acids is 1. The molecule has 3 aromatic heterocycles. The van der Waals surface area contributed by atoms with Crippen molar-refractivity contribution in [1.82, 2.24) is 29.4 Å². The van der Waals surface area contributed by atoms with Crippen molar-refractivity contribution in [3.63, 3.8) is 0 Å². The van der Waals surface area contributed by atoms with Gasteiger partial charge in [0.2, 0.25) is 5.91 Å². The summed E-state index contributed by atoms with van der Waals surface area (Å²) in [6.07, 6.45) is 5.27. The van der Waals surface area contributed by atoms with Crippen LogP contribution in [-0.4, -0.2) is 68.2 Å². The largest absolute Gasteiger partial charge is 0.378 e. The molecule has 0 radical (unpaired) electrons. The second-order valence-corrected chi connectivity index (χ2v) is 6.58. The number of anilines is 1. The fraction of sp³-hybridized carbons (Fsp3) is 0.421. The molecule has 28 heavy (non-hydrogen) atoms. The fourth-order valence-electron chi connectivity index (χ4n) is 3.28. The number of morpholine rings is 1. The number of rotatable bonds is 5. The molecule has 1 fully saturated rings. The Balaban J connectivity index is 1.62. The molecule has 0 aromatic carbocycles. The summed E-state index contributed by atoms with van der Waals surface area (Å²) >= 11 is 0. The minimum absolute atomic E-state index is 0.0512. The van der Waals surface area contributed by atoms with E-state index in [0.717, 1.165) is 28.2 Å². The van der Waals surface area contributed by atoms with E-state index < -0.39 is 0 Å². The lowest BCUT2D eigenvalue weighted by atomic mass is 10.3. The molecule has 9 nitrogen and oxygen atoms in total. The van der Waals surface area contributed by atoms with Crippen molar-refractivity contribution in [3.05, 3.63) is 30.5 Å². The summed E-state index contributed by atoms with van der Waals surface area (Å²) in [5, 5.41) is 3.23. The first-order valence-corrected chi connectivity index (χ1v) is 9.41. The van der Waals surface area contributed by atoms with Crippen molar-refractivity contribution in [2.24, 2.45) is 0 Å². The van der Waals surface area contributed by atoms with Crippen LogP contribution in [0.15, 0.2) is 24.7 Å². The molecule has 4 heterocycles.